The second-order valence-electron chi connectivity index (χ2n) is 6.77. The van der Waals surface area contributed by atoms with Gasteiger partial charge in [-0.3, -0.25) is 0 Å². The van der Waals surface area contributed by atoms with Crippen LogP contribution in [0.3, 0.4) is 0 Å². The van der Waals surface area contributed by atoms with Crippen LogP contribution in [0.5, 0.6) is 0 Å². The van der Waals surface area contributed by atoms with Gasteiger partial charge in [-0.2, -0.15) is 0 Å². The van der Waals surface area contributed by atoms with Gasteiger partial charge in [-0.1, -0.05) is 0 Å². The topological polar surface area (TPSA) is 41.9 Å². The molecule has 18 heavy (non-hydrogen) atoms. The molecule has 2 saturated heterocycles. The number of hydrogen-bond donors (Lipinski definition) is 1. The van der Waals surface area contributed by atoms with Crippen molar-refractivity contribution in [2.75, 3.05) is 26.7 Å². The van der Waals surface area contributed by atoms with Crippen molar-refractivity contribution < 1.29 is 14.6 Å². The van der Waals surface area contributed by atoms with Crippen LogP contribution in [0.15, 0.2) is 0 Å². The fourth-order valence-electron chi connectivity index (χ4n) is 3.43. The average molecular weight is 257 g/mol. The molecule has 2 heterocycles. The summed E-state index contributed by atoms with van der Waals surface area (Å²) in [6.45, 7) is 11.0. The van der Waals surface area contributed by atoms with Crippen molar-refractivity contribution in [3.05, 3.63) is 0 Å². The zero-order chi connectivity index (χ0) is 13.6. The highest BCUT2D eigenvalue weighted by atomic mass is 16.5. The smallest absolute Gasteiger partial charge is 0.0896 e. The summed E-state index contributed by atoms with van der Waals surface area (Å²) in [6, 6.07) is 0. The van der Waals surface area contributed by atoms with Gasteiger partial charge in [0.25, 0.3) is 0 Å². The van der Waals surface area contributed by atoms with Gasteiger partial charge in [0.2, 0.25) is 0 Å². The molecule has 1 N–H and O–H groups in total. The Morgan fingerprint density at radius 1 is 1.28 bits per heavy atom. The quantitative estimate of drug-likeness (QED) is 0.827. The van der Waals surface area contributed by atoms with Crippen LogP contribution in [0, 0.1) is 5.92 Å². The number of aliphatic hydroxyl groups excluding tert-OH is 1. The zero-order valence-corrected chi connectivity index (χ0v) is 12.3. The van der Waals surface area contributed by atoms with Crippen molar-refractivity contribution in [2.45, 2.75) is 57.5 Å². The van der Waals surface area contributed by atoms with E-state index in [2.05, 4.69) is 18.7 Å². The Balaban J connectivity index is 2.00. The molecule has 3 unspecified atom stereocenters. The minimum atomic E-state index is -0.450. The Kier molecular flexibility index (Phi) is 3.76. The standard InChI is InChI=1S/C14H27NO3/c1-13(2)11(12(16)14(3,4)18-13)9-15-7-6-10(8-15)17-5/h10-12,16H,6-9H2,1-5H3. The van der Waals surface area contributed by atoms with Gasteiger partial charge in [-0.25, -0.2) is 0 Å². The van der Waals surface area contributed by atoms with Gasteiger partial charge in [-0.15, -0.1) is 0 Å². The molecular formula is C14H27NO3. The molecule has 0 spiro atoms. The Morgan fingerprint density at radius 2 is 1.94 bits per heavy atom. The monoisotopic (exact) mass is 257 g/mol. The molecular weight excluding hydrogens is 230 g/mol. The van der Waals surface area contributed by atoms with Crippen LogP contribution in [0.1, 0.15) is 34.1 Å². The first-order chi connectivity index (χ1) is 8.26. The van der Waals surface area contributed by atoms with E-state index in [1.54, 1.807) is 7.11 Å². The first-order valence-corrected chi connectivity index (χ1v) is 6.89. The summed E-state index contributed by atoms with van der Waals surface area (Å²) in [7, 11) is 1.77. The summed E-state index contributed by atoms with van der Waals surface area (Å²) >= 11 is 0. The molecule has 0 bridgehead atoms. The molecule has 0 aromatic carbocycles. The Morgan fingerprint density at radius 3 is 2.39 bits per heavy atom. The van der Waals surface area contributed by atoms with Crippen molar-refractivity contribution in [2.24, 2.45) is 5.92 Å². The predicted molar refractivity (Wildman–Crippen MR) is 70.6 cm³/mol. The normalized spacial score (nSPS) is 39.3. The molecule has 0 aliphatic carbocycles. The second-order valence-corrected chi connectivity index (χ2v) is 6.77. The Bertz CT molecular complexity index is 303. The van der Waals surface area contributed by atoms with Gasteiger partial charge in [0.05, 0.1) is 23.4 Å². The Hall–Kier alpha value is -0.160. The van der Waals surface area contributed by atoms with Crippen LogP contribution in [-0.4, -0.2) is 60.2 Å². The van der Waals surface area contributed by atoms with Crippen molar-refractivity contribution in [1.82, 2.24) is 4.90 Å². The number of rotatable bonds is 3. The van der Waals surface area contributed by atoms with E-state index in [0.29, 0.717) is 6.10 Å². The molecule has 2 aliphatic heterocycles. The van der Waals surface area contributed by atoms with Crippen molar-refractivity contribution in [3.63, 3.8) is 0 Å². The molecule has 2 rings (SSSR count). The number of methoxy groups -OCH3 is 1. The summed E-state index contributed by atoms with van der Waals surface area (Å²) in [5.74, 6) is 0.156. The van der Waals surface area contributed by atoms with E-state index in [0.717, 1.165) is 26.1 Å². The van der Waals surface area contributed by atoms with E-state index in [9.17, 15) is 5.11 Å². The third-order valence-electron chi connectivity index (χ3n) is 4.53. The van der Waals surface area contributed by atoms with E-state index in [-0.39, 0.29) is 11.5 Å². The fraction of sp³-hybridized carbons (Fsp3) is 1.00. The molecule has 2 fully saturated rings. The highest BCUT2D eigenvalue weighted by molar-refractivity contribution is 5.02. The lowest BCUT2D eigenvalue weighted by molar-refractivity contribution is -0.0913. The molecule has 4 nitrogen and oxygen atoms in total. The lowest BCUT2D eigenvalue weighted by Crippen LogP contribution is -2.43. The molecule has 3 atom stereocenters. The third kappa shape index (κ3) is 2.57. The maximum Gasteiger partial charge on any atom is 0.0896 e. The van der Waals surface area contributed by atoms with Crippen molar-refractivity contribution >= 4 is 0 Å². The summed E-state index contributed by atoms with van der Waals surface area (Å²) in [4.78, 5) is 2.38. The minimum Gasteiger partial charge on any atom is -0.390 e. The van der Waals surface area contributed by atoms with Crippen LogP contribution in [-0.2, 0) is 9.47 Å². The van der Waals surface area contributed by atoms with E-state index in [1.165, 1.54) is 0 Å². The maximum atomic E-state index is 10.5. The molecule has 4 heteroatoms. The number of aliphatic hydroxyl groups is 1. The van der Waals surface area contributed by atoms with Crippen LogP contribution in [0.25, 0.3) is 0 Å². The van der Waals surface area contributed by atoms with Crippen molar-refractivity contribution in [1.29, 1.82) is 0 Å². The first kappa shape index (κ1) is 14.3. The SMILES string of the molecule is COC1CCN(CC2C(O)C(C)(C)OC2(C)C)C1. The zero-order valence-electron chi connectivity index (χ0n) is 12.3. The van der Waals surface area contributed by atoms with Gasteiger partial charge in [0, 0.05) is 32.7 Å². The predicted octanol–water partition coefficient (Wildman–Crippen LogP) is 1.27. The third-order valence-corrected chi connectivity index (χ3v) is 4.53. The van der Waals surface area contributed by atoms with E-state index >= 15 is 0 Å². The Labute approximate surface area is 110 Å². The van der Waals surface area contributed by atoms with Crippen LogP contribution in [0.2, 0.25) is 0 Å². The van der Waals surface area contributed by atoms with Crippen molar-refractivity contribution in [3.8, 4) is 0 Å². The van der Waals surface area contributed by atoms with Crippen LogP contribution < -0.4 is 0 Å². The number of ether oxygens (including phenoxy) is 2. The van der Waals surface area contributed by atoms with Gasteiger partial charge in [0.15, 0.2) is 0 Å². The van der Waals surface area contributed by atoms with Gasteiger partial charge in [0.1, 0.15) is 0 Å². The average Bonchev–Trinajstić information content (AvgIpc) is 2.75. The molecule has 2 aliphatic rings. The van der Waals surface area contributed by atoms with Crippen LogP contribution >= 0.6 is 0 Å². The molecule has 0 radical (unpaired) electrons. The second kappa shape index (κ2) is 4.75. The summed E-state index contributed by atoms with van der Waals surface area (Å²) in [5, 5.41) is 10.5. The minimum absolute atomic E-state index is 0.156. The van der Waals surface area contributed by atoms with Gasteiger partial charge < -0.3 is 19.5 Å². The summed E-state index contributed by atoms with van der Waals surface area (Å²) in [5.41, 5.74) is -0.720. The molecule has 0 amide bonds. The lowest BCUT2D eigenvalue weighted by Gasteiger charge is -2.30. The first-order valence-electron chi connectivity index (χ1n) is 6.89. The lowest BCUT2D eigenvalue weighted by atomic mass is 9.84. The number of hydrogen-bond acceptors (Lipinski definition) is 4. The van der Waals surface area contributed by atoms with Gasteiger partial charge >= 0.3 is 0 Å². The highest BCUT2D eigenvalue weighted by Crippen LogP contribution is 2.42. The molecule has 0 aromatic rings. The van der Waals surface area contributed by atoms with E-state index in [1.807, 2.05) is 13.8 Å². The summed E-state index contributed by atoms with van der Waals surface area (Å²) < 4.78 is 11.4. The van der Waals surface area contributed by atoms with Crippen LogP contribution in [0.4, 0.5) is 0 Å². The molecule has 0 aromatic heterocycles. The maximum absolute atomic E-state index is 10.5. The summed E-state index contributed by atoms with van der Waals surface area (Å²) in [6.07, 6.45) is 1.03. The van der Waals surface area contributed by atoms with E-state index < -0.39 is 11.7 Å². The highest BCUT2D eigenvalue weighted by Gasteiger charge is 2.53. The molecule has 106 valence electrons. The molecule has 0 saturated carbocycles. The largest absolute Gasteiger partial charge is 0.390 e. The number of likely N-dealkylation sites (tertiary alicyclic amines) is 1. The fourth-order valence-corrected chi connectivity index (χ4v) is 3.43. The van der Waals surface area contributed by atoms with Gasteiger partial charge in [-0.05, 0) is 34.1 Å². The van der Waals surface area contributed by atoms with E-state index in [4.69, 9.17) is 9.47 Å². The number of nitrogens with zero attached hydrogens (tertiary/aromatic N) is 1.